The summed E-state index contributed by atoms with van der Waals surface area (Å²) in [4.78, 5) is 10.3. The Kier molecular flexibility index (Phi) is 4.17. The van der Waals surface area contributed by atoms with Gasteiger partial charge < -0.3 is 5.43 Å². The van der Waals surface area contributed by atoms with Crippen LogP contribution < -0.4 is 11.3 Å². The van der Waals surface area contributed by atoms with Gasteiger partial charge in [0, 0.05) is 19.2 Å². The fourth-order valence-electron chi connectivity index (χ4n) is 2.32. The molecule has 21 heavy (non-hydrogen) atoms. The van der Waals surface area contributed by atoms with Crippen LogP contribution in [0.3, 0.4) is 0 Å². The number of benzene rings is 1. The van der Waals surface area contributed by atoms with E-state index in [0.717, 1.165) is 25.3 Å². The fourth-order valence-corrected chi connectivity index (χ4v) is 3.96. The smallest absolute Gasteiger partial charge is 0.295 e. The minimum absolute atomic E-state index is 0.0271. The minimum atomic E-state index is -3.75. The van der Waals surface area contributed by atoms with Crippen LogP contribution in [-0.4, -0.2) is 30.7 Å². The standard InChI is InChI=1S/C12H18N4O4S/c1-8-6-10(14-13)11(16(17)18)7-12(8)21(19,20)15(2)9-4-3-5-9/h6-7,9,14H,3-5,13H2,1-2H3. The van der Waals surface area contributed by atoms with Crippen molar-refractivity contribution in [3.8, 4) is 0 Å². The number of nitrogens with one attached hydrogen (secondary N) is 1. The summed E-state index contributed by atoms with van der Waals surface area (Å²) < 4.78 is 26.5. The first-order chi connectivity index (χ1) is 9.78. The van der Waals surface area contributed by atoms with E-state index in [1.807, 2.05) is 0 Å². The van der Waals surface area contributed by atoms with Gasteiger partial charge in [-0.1, -0.05) is 6.42 Å². The molecule has 0 bridgehead atoms. The van der Waals surface area contributed by atoms with Gasteiger partial charge in [0.25, 0.3) is 5.69 Å². The molecule has 1 aromatic carbocycles. The van der Waals surface area contributed by atoms with Crippen molar-refractivity contribution in [3.63, 3.8) is 0 Å². The zero-order chi connectivity index (χ0) is 15.8. The van der Waals surface area contributed by atoms with Gasteiger partial charge in [-0.15, -0.1) is 0 Å². The zero-order valence-electron chi connectivity index (χ0n) is 11.9. The largest absolute Gasteiger partial charge is 0.318 e. The Balaban J connectivity index is 2.52. The number of aryl methyl sites for hydroxylation is 1. The predicted octanol–water partition coefficient (Wildman–Crippen LogP) is 1.36. The second kappa shape index (κ2) is 5.58. The zero-order valence-corrected chi connectivity index (χ0v) is 12.7. The number of hydrogen-bond acceptors (Lipinski definition) is 6. The van der Waals surface area contributed by atoms with E-state index in [4.69, 9.17) is 5.84 Å². The van der Waals surface area contributed by atoms with Gasteiger partial charge in [-0.05, 0) is 31.4 Å². The number of anilines is 1. The number of nitro groups is 1. The second-order valence-corrected chi connectivity index (χ2v) is 7.11. The van der Waals surface area contributed by atoms with Gasteiger partial charge in [0.05, 0.1) is 9.82 Å². The number of hydrogen-bond donors (Lipinski definition) is 2. The highest BCUT2D eigenvalue weighted by molar-refractivity contribution is 7.89. The third kappa shape index (κ3) is 2.71. The number of nitrogens with two attached hydrogens (primary N) is 1. The summed E-state index contributed by atoms with van der Waals surface area (Å²) in [6, 6.07) is 2.41. The topological polar surface area (TPSA) is 119 Å². The number of rotatable bonds is 5. The van der Waals surface area contributed by atoms with E-state index in [1.54, 1.807) is 6.92 Å². The summed E-state index contributed by atoms with van der Waals surface area (Å²) >= 11 is 0. The summed E-state index contributed by atoms with van der Waals surface area (Å²) in [6.45, 7) is 1.59. The molecule has 9 heteroatoms. The molecule has 0 amide bonds. The van der Waals surface area contributed by atoms with E-state index in [0.29, 0.717) is 5.56 Å². The van der Waals surface area contributed by atoms with Crippen LogP contribution in [-0.2, 0) is 10.0 Å². The van der Waals surface area contributed by atoms with Crippen molar-refractivity contribution in [1.82, 2.24) is 4.31 Å². The van der Waals surface area contributed by atoms with Crippen molar-refractivity contribution in [3.05, 3.63) is 27.8 Å². The maximum absolute atomic E-state index is 12.6. The molecule has 8 nitrogen and oxygen atoms in total. The Bertz CT molecular complexity index is 670. The van der Waals surface area contributed by atoms with Crippen molar-refractivity contribution in [2.75, 3.05) is 12.5 Å². The van der Waals surface area contributed by atoms with Gasteiger partial charge in [-0.3, -0.25) is 16.0 Å². The number of hydrazine groups is 1. The molecular weight excluding hydrogens is 296 g/mol. The lowest BCUT2D eigenvalue weighted by atomic mass is 9.94. The quantitative estimate of drug-likeness (QED) is 0.481. The van der Waals surface area contributed by atoms with Gasteiger partial charge >= 0.3 is 0 Å². The van der Waals surface area contributed by atoms with E-state index in [-0.39, 0.29) is 22.3 Å². The van der Waals surface area contributed by atoms with Gasteiger partial charge in [0.2, 0.25) is 10.0 Å². The highest BCUT2D eigenvalue weighted by Crippen LogP contribution is 2.34. The molecule has 0 saturated heterocycles. The summed E-state index contributed by atoms with van der Waals surface area (Å²) in [7, 11) is -2.24. The molecule has 0 atom stereocenters. The predicted molar refractivity (Wildman–Crippen MR) is 78.2 cm³/mol. The van der Waals surface area contributed by atoms with Gasteiger partial charge in [-0.2, -0.15) is 4.31 Å². The number of nitro benzene ring substituents is 1. The lowest BCUT2D eigenvalue weighted by molar-refractivity contribution is -0.384. The third-order valence-corrected chi connectivity index (χ3v) is 5.94. The average Bonchev–Trinajstić information content (AvgIpc) is 2.35. The van der Waals surface area contributed by atoms with Crippen LogP contribution in [0.5, 0.6) is 0 Å². The lowest BCUT2D eigenvalue weighted by Gasteiger charge is -2.34. The highest BCUT2D eigenvalue weighted by atomic mass is 32.2. The Hall–Kier alpha value is -1.71. The summed E-state index contributed by atoms with van der Waals surface area (Å²) in [5.74, 6) is 5.24. The molecule has 0 aromatic heterocycles. The van der Waals surface area contributed by atoms with Crippen LogP contribution in [0, 0.1) is 17.0 Å². The molecular formula is C12H18N4O4S. The van der Waals surface area contributed by atoms with Crippen LogP contribution in [0.25, 0.3) is 0 Å². The third-order valence-electron chi connectivity index (χ3n) is 3.89. The molecule has 1 aliphatic rings. The molecule has 1 aliphatic carbocycles. The molecule has 1 aromatic rings. The molecule has 0 radical (unpaired) electrons. The van der Waals surface area contributed by atoms with E-state index in [2.05, 4.69) is 5.43 Å². The molecule has 1 saturated carbocycles. The monoisotopic (exact) mass is 314 g/mol. The summed E-state index contributed by atoms with van der Waals surface area (Å²) in [6.07, 6.45) is 2.64. The van der Waals surface area contributed by atoms with Crippen LogP contribution >= 0.6 is 0 Å². The second-order valence-electron chi connectivity index (χ2n) is 5.14. The molecule has 0 aliphatic heterocycles. The molecule has 0 spiro atoms. The lowest BCUT2D eigenvalue weighted by Crippen LogP contribution is -2.41. The van der Waals surface area contributed by atoms with Crippen molar-refractivity contribution >= 4 is 21.4 Å². The van der Waals surface area contributed by atoms with E-state index < -0.39 is 14.9 Å². The first kappa shape index (κ1) is 15.7. The highest BCUT2D eigenvalue weighted by Gasteiger charge is 2.34. The Morgan fingerprint density at radius 1 is 1.43 bits per heavy atom. The van der Waals surface area contributed by atoms with Crippen molar-refractivity contribution < 1.29 is 13.3 Å². The molecule has 116 valence electrons. The number of sulfonamides is 1. The molecule has 2 rings (SSSR count). The molecule has 0 unspecified atom stereocenters. The first-order valence-corrected chi connectivity index (χ1v) is 7.96. The van der Waals surface area contributed by atoms with Gasteiger partial charge in [0.1, 0.15) is 5.69 Å². The Labute approximate surface area is 123 Å². The van der Waals surface area contributed by atoms with Gasteiger partial charge in [0.15, 0.2) is 0 Å². The Morgan fingerprint density at radius 3 is 2.48 bits per heavy atom. The van der Waals surface area contributed by atoms with Crippen molar-refractivity contribution in [2.45, 2.75) is 37.1 Å². The molecule has 0 heterocycles. The SMILES string of the molecule is Cc1cc(NN)c([N+](=O)[O-])cc1S(=O)(=O)N(C)C1CCC1. The van der Waals surface area contributed by atoms with Gasteiger partial charge in [-0.25, -0.2) is 8.42 Å². The number of nitrogen functional groups attached to an aromatic ring is 1. The maximum atomic E-state index is 12.6. The fraction of sp³-hybridized carbons (Fsp3) is 0.500. The maximum Gasteiger partial charge on any atom is 0.295 e. The van der Waals surface area contributed by atoms with Crippen LogP contribution in [0.15, 0.2) is 17.0 Å². The number of nitrogens with zero attached hydrogens (tertiary/aromatic N) is 2. The first-order valence-electron chi connectivity index (χ1n) is 6.52. The van der Waals surface area contributed by atoms with Crippen molar-refractivity contribution in [2.24, 2.45) is 5.84 Å². The average molecular weight is 314 g/mol. The Morgan fingerprint density at radius 2 is 2.05 bits per heavy atom. The van der Waals surface area contributed by atoms with Crippen LogP contribution in [0.2, 0.25) is 0 Å². The summed E-state index contributed by atoms with van der Waals surface area (Å²) in [5.41, 5.74) is 2.37. The van der Waals surface area contributed by atoms with Crippen molar-refractivity contribution in [1.29, 1.82) is 0 Å². The molecule has 3 N–H and O–H groups in total. The minimum Gasteiger partial charge on any atom is -0.318 e. The van der Waals surface area contributed by atoms with Crippen LogP contribution in [0.1, 0.15) is 24.8 Å². The van der Waals surface area contributed by atoms with E-state index in [1.165, 1.54) is 17.4 Å². The molecule has 1 fully saturated rings. The normalized spacial score (nSPS) is 15.8. The van der Waals surface area contributed by atoms with E-state index in [9.17, 15) is 18.5 Å². The van der Waals surface area contributed by atoms with E-state index >= 15 is 0 Å². The summed E-state index contributed by atoms with van der Waals surface area (Å²) in [5, 5.41) is 11.0. The van der Waals surface area contributed by atoms with Crippen LogP contribution in [0.4, 0.5) is 11.4 Å².